The summed E-state index contributed by atoms with van der Waals surface area (Å²) in [5, 5.41) is 5.94. The van der Waals surface area contributed by atoms with Gasteiger partial charge in [0.25, 0.3) is 5.91 Å². The number of amides is 1. The molecule has 0 spiro atoms. The second kappa shape index (κ2) is 6.48. The molecule has 2 aliphatic rings. The van der Waals surface area contributed by atoms with Gasteiger partial charge in [-0.25, -0.2) is 0 Å². The van der Waals surface area contributed by atoms with Crippen LogP contribution in [0.5, 0.6) is 0 Å². The number of anilines is 2. The summed E-state index contributed by atoms with van der Waals surface area (Å²) in [6.07, 6.45) is 4.23. The Hall–Kier alpha value is -3.14. The van der Waals surface area contributed by atoms with Gasteiger partial charge in [0.15, 0.2) is 0 Å². The third kappa shape index (κ3) is 2.95. The van der Waals surface area contributed by atoms with Crippen LogP contribution in [0.2, 0.25) is 0 Å². The zero-order chi connectivity index (χ0) is 20.1. The minimum absolute atomic E-state index is 0.0160. The number of carbonyl (C=O) groups excluding carboxylic acids is 1. The van der Waals surface area contributed by atoms with Crippen LogP contribution in [0.1, 0.15) is 38.8 Å². The van der Waals surface area contributed by atoms with E-state index in [4.69, 9.17) is 0 Å². The SMILES string of the molecule is CC1=CC(C)(C)N(C)c2ccc(/C=C3\C(=O)N(c4ccccc4)N=C3C)cc21. The molecule has 2 aliphatic heterocycles. The molecule has 0 atom stereocenters. The van der Waals surface area contributed by atoms with E-state index >= 15 is 0 Å². The molecule has 0 aliphatic carbocycles. The van der Waals surface area contributed by atoms with Crippen molar-refractivity contribution in [1.29, 1.82) is 0 Å². The first-order chi connectivity index (χ1) is 13.3. The summed E-state index contributed by atoms with van der Waals surface area (Å²) >= 11 is 0. The molecule has 0 saturated carbocycles. The molecule has 28 heavy (non-hydrogen) atoms. The van der Waals surface area contributed by atoms with Crippen LogP contribution in [0.15, 0.2) is 65.3 Å². The second-order valence-corrected chi connectivity index (χ2v) is 8.01. The van der Waals surface area contributed by atoms with E-state index in [-0.39, 0.29) is 11.4 Å². The minimum Gasteiger partial charge on any atom is -0.366 e. The first-order valence-electron chi connectivity index (χ1n) is 9.52. The fourth-order valence-corrected chi connectivity index (χ4v) is 3.86. The number of rotatable bonds is 2. The highest BCUT2D eigenvalue weighted by Crippen LogP contribution is 2.38. The third-order valence-corrected chi connectivity index (χ3v) is 5.62. The average molecular weight is 371 g/mol. The number of allylic oxidation sites excluding steroid dienone is 1. The lowest BCUT2D eigenvalue weighted by Crippen LogP contribution is -2.42. The van der Waals surface area contributed by atoms with Crippen molar-refractivity contribution < 1.29 is 4.79 Å². The van der Waals surface area contributed by atoms with Gasteiger partial charge in [-0.2, -0.15) is 10.1 Å². The van der Waals surface area contributed by atoms with E-state index in [2.05, 4.69) is 62.1 Å². The molecule has 4 heteroatoms. The number of hydrogen-bond acceptors (Lipinski definition) is 3. The molecule has 0 N–H and O–H groups in total. The Morgan fingerprint density at radius 2 is 1.75 bits per heavy atom. The van der Waals surface area contributed by atoms with Crippen LogP contribution in [-0.2, 0) is 4.79 Å². The molecule has 2 aromatic rings. The normalized spacial score (nSPS) is 19.6. The van der Waals surface area contributed by atoms with E-state index in [0.717, 1.165) is 17.0 Å². The van der Waals surface area contributed by atoms with E-state index in [1.54, 1.807) is 0 Å². The second-order valence-electron chi connectivity index (χ2n) is 8.01. The van der Waals surface area contributed by atoms with Gasteiger partial charge in [0, 0.05) is 18.3 Å². The van der Waals surface area contributed by atoms with Gasteiger partial charge in [0.2, 0.25) is 0 Å². The molecular weight excluding hydrogens is 346 g/mol. The van der Waals surface area contributed by atoms with Crippen molar-refractivity contribution in [2.75, 3.05) is 17.0 Å². The Kier molecular flexibility index (Phi) is 4.22. The van der Waals surface area contributed by atoms with E-state index in [9.17, 15) is 4.79 Å². The predicted molar refractivity (Wildman–Crippen MR) is 118 cm³/mol. The van der Waals surface area contributed by atoms with Crippen molar-refractivity contribution in [3.63, 3.8) is 0 Å². The highest BCUT2D eigenvalue weighted by molar-refractivity contribution is 6.32. The average Bonchev–Trinajstić information content (AvgIpc) is 2.95. The third-order valence-electron chi connectivity index (χ3n) is 5.62. The fraction of sp³-hybridized carbons (Fsp3) is 0.250. The van der Waals surface area contributed by atoms with Gasteiger partial charge in [-0.3, -0.25) is 4.79 Å². The molecule has 142 valence electrons. The summed E-state index contributed by atoms with van der Waals surface area (Å²) in [6, 6.07) is 15.9. The number of benzene rings is 2. The molecule has 0 unspecified atom stereocenters. The van der Waals surface area contributed by atoms with E-state index in [1.807, 2.05) is 43.3 Å². The molecule has 4 rings (SSSR count). The Morgan fingerprint density at radius 1 is 1.04 bits per heavy atom. The van der Waals surface area contributed by atoms with Crippen LogP contribution in [-0.4, -0.2) is 24.2 Å². The summed E-state index contributed by atoms with van der Waals surface area (Å²) in [7, 11) is 2.12. The monoisotopic (exact) mass is 371 g/mol. The summed E-state index contributed by atoms with van der Waals surface area (Å²) in [4.78, 5) is 15.2. The van der Waals surface area contributed by atoms with Gasteiger partial charge in [-0.05, 0) is 69.2 Å². The van der Waals surface area contributed by atoms with Crippen molar-refractivity contribution in [3.8, 4) is 0 Å². The summed E-state index contributed by atoms with van der Waals surface area (Å²) in [6.45, 7) is 8.45. The molecular formula is C24H25N3O. The number of hydrogen-bond donors (Lipinski definition) is 0. The Labute approximate surface area is 166 Å². The highest BCUT2D eigenvalue weighted by atomic mass is 16.2. The fourth-order valence-electron chi connectivity index (χ4n) is 3.86. The maximum absolute atomic E-state index is 12.9. The first-order valence-corrected chi connectivity index (χ1v) is 9.52. The molecule has 0 radical (unpaired) electrons. The van der Waals surface area contributed by atoms with Crippen molar-refractivity contribution in [3.05, 3.63) is 71.3 Å². The number of para-hydroxylation sites is 1. The Bertz CT molecular complexity index is 1040. The standard InChI is InChI=1S/C24H25N3O/c1-16-15-24(3,4)26(5)22-12-11-18(13-20(16)22)14-21-17(2)25-27(23(21)28)19-9-7-6-8-10-19/h6-15H,1-5H3/b21-14-. The molecule has 4 nitrogen and oxygen atoms in total. The molecule has 2 aromatic carbocycles. The van der Waals surface area contributed by atoms with Crippen LogP contribution in [0.4, 0.5) is 11.4 Å². The zero-order valence-electron chi connectivity index (χ0n) is 17.0. The quantitative estimate of drug-likeness (QED) is 0.687. The van der Waals surface area contributed by atoms with E-state index in [1.165, 1.54) is 21.8 Å². The minimum atomic E-state index is -0.0908. The molecule has 0 bridgehead atoms. The van der Waals surface area contributed by atoms with Gasteiger partial charge in [-0.1, -0.05) is 30.3 Å². The van der Waals surface area contributed by atoms with Crippen LogP contribution in [0.3, 0.4) is 0 Å². The lowest BCUT2D eigenvalue weighted by atomic mass is 9.88. The molecule has 0 aromatic heterocycles. The molecule has 0 fully saturated rings. The van der Waals surface area contributed by atoms with Crippen molar-refractivity contribution in [1.82, 2.24) is 0 Å². The molecule has 1 amide bonds. The highest BCUT2D eigenvalue weighted by Gasteiger charge is 2.30. The number of hydrazone groups is 1. The summed E-state index contributed by atoms with van der Waals surface area (Å²) in [5.74, 6) is -0.0908. The number of likely N-dealkylation sites (N-methyl/N-ethyl adjacent to an activating group) is 1. The molecule has 2 heterocycles. The summed E-state index contributed by atoms with van der Waals surface area (Å²) in [5.41, 5.74) is 6.81. The van der Waals surface area contributed by atoms with Gasteiger partial charge in [0.1, 0.15) is 0 Å². The van der Waals surface area contributed by atoms with Gasteiger partial charge < -0.3 is 4.90 Å². The van der Waals surface area contributed by atoms with Gasteiger partial charge in [0.05, 0.1) is 22.5 Å². The Morgan fingerprint density at radius 3 is 2.46 bits per heavy atom. The first kappa shape index (κ1) is 18.2. The maximum atomic E-state index is 12.9. The van der Waals surface area contributed by atoms with Gasteiger partial charge in [-0.15, -0.1) is 0 Å². The van der Waals surface area contributed by atoms with Crippen LogP contribution >= 0.6 is 0 Å². The van der Waals surface area contributed by atoms with E-state index < -0.39 is 0 Å². The summed E-state index contributed by atoms with van der Waals surface area (Å²) < 4.78 is 0. The van der Waals surface area contributed by atoms with Crippen molar-refractivity contribution >= 4 is 34.6 Å². The Balaban J connectivity index is 1.70. The smallest absolute Gasteiger partial charge is 0.280 e. The van der Waals surface area contributed by atoms with Crippen LogP contribution in [0, 0.1) is 0 Å². The number of nitrogens with zero attached hydrogens (tertiary/aromatic N) is 3. The topological polar surface area (TPSA) is 35.9 Å². The van der Waals surface area contributed by atoms with Gasteiger partial charge >= 0.3 is 0 Å². The molecule has 0 saturated heterocycles. The van der Waals surface area contributed by atoms with E-state index in [0.29, 0.717) is 5.57 Å². The van der Waals surface area contributed by atoms with Crippen molar-refractivity contribution in [2.45, 2.75) is 33.2 Å². The number of fused-ring (bicyclic) bond motifs is 1. The largest absolute Gasteiger partial charge is 0.366 e. The predicted octanol–water partition coefficient (Wildman–Crippen LogP) is 5.12. The van der Waals surface area contributed by atoms with Crippen molar-refractivity contribution in [2.24, 2.45) is 5.10 Å². The lowest BCUT2D eigenvalue weighted by Gasteiger charge is -2.40. The van der Waals surface area contributed by atoms with Crippen LogP contribution < -0.4 is 9.91 Å². The lowest BCUT2D eigenvalue weighted by molar-refractivity contribution is -0.114. The van der Waals surface area contributed by atoms with Crippen LogP contribution in [0.25, 0.3) is 11.6 Å². The maximum Gasteiger partial charge on any atom is 0.280 e. The number of carbonyl (C=O) groups is 1. The zero-order valence-corrected chi connectivity index (χ0v) is 17.0.